The number of aliphatic hydroxyl groups excluding tert-OH is 3. The molecule has 1 aromatic heterocycles. The lowest BCUT2D eigenvalue weighted by Gasteiger charge is -2.31. The van der Waals surface area contributed by atoms with Crippen LogP contribution in [0.2, 0.25) is 0 Å². The van der Waals surface area contributed by atoms with Crippen LogP contribution in [-0.4, -0.2) is 51.1 Å². The summed E-state index contributed by atoms with van der Waals surface area (Å²) in [5.74, 6) is 2.31. The molecule has 0 amide bonds. The predicted octanol–water partition coefficient (Wildman–Crippen LogP) is 2.80. The Bertz CT molecular complexity index is 910. The fourth-order valence-electron chi connectivity index (χ4n) is 3.21. The quantitative estimate of drug-likeness (QED) is 0.351. The maximum atomic E-state index is 10.5. The first-order valence-corrected chi connectivity index (χ1v) is 10.0. The summed E-state index contributed by atoms with van der Waals surface area (Å²) in [4.78, 5) is 7.61. The van der Waals surface area contributed by atoms with Crippen molar-refractivity contribution in [1.82, 2.24) is 15.3 Å². The van der Waals surface area contributed by atoms with Gasteiger partial charge in [-0.3, -0.25) is 0 Å². The van der Waals surface area contributed by atoms with Gasteiger partial charge >= 0.3 is 0 Å². The smallest absolute Gasteiger partial charge is 0.127 e. The topological polar surface area (TPSA) is 111 Å². The molecule has 3 rings (SSSR count). The van der Waals surface area contributed by atoms with Crippen LogP contribution in [0.3, 0.4) is 0 Å². The molecule has 160 valence electrons. The molecule has 0 spiro atoms. The van der Waals surface area contributed by atoms with Crippen molar-refractivity contribution in [3.8, 4) is 22.8 Å². The van der Waals surface area contributed by atoms with Crippen molar-refractivity contribution in [3.63, 3.8) is 0 Å². The third kappa shape index (κ3) is 5.06. The van der Waals surface area contributed by atoms with E-state index in [0.29, 0.717) is 17.1 Å². The van der Waals surface area contributed by atoms with Crippen LogP contribution in [0.1, 0.15) is 30.8 Å². The molecule has 1 heterocycles. The summed E-state index contributed by atoms with van der Waals surface area (Å²) in [5.41, 5.74) is 1.77. The number of nitrogens with one attached hydrogen (secondary N) is 2. The van der Waals surface area contributed by atoms with Gasteiger partial charge in [0.05, 0.1) is 36.7 Å². The first kappa shape index (κ1) is 22.0. The molecule has 0 bridgehead atoms. The molecule has 0 aliphatic carbocycles. The fraction of sp³-hybridized carbons (Fsp3) is 0.348. The number of hydrogen-bond donors (Lipinski definition) is 5. The Hall–Kier alpha value is -2.71. The van der Waals surface area contributed by atoms with Gasteiger partial charge in [-0.2, -0.15) is 0 Å². The van der Waals surface area contributed by atoms with Gasteiger partial charge in [-0.25, -0.2) is 4.98 Å². The van der Waals surface area contributed by atoms with E-state index in [9.17, 15) is 15.3 Å². The minimum Gasteiger partial charge on any atom is -0.457 e. The number of aliphatic hydroxyl groups is 3. The number of ether oxygens (including phenoxy) is 1. The van der Waals surface area contributed by atoms with E-state index in [1.165, 1.54) is 0 Å². The minimum atomic E-state index is -0.928. The molecule has 1 unspecified atom stereocenters. The normalized spacial score (nSPS) is 12.7. The van der Waals surface area contributed by atoms with Crippen LogP contribution in [0.4, 0.5) is 0 Å². The van der Waals surface area contributed by atoms with Crippen molar-refractivity contribution < 1.29 is 20.1 Å². The van der Waals surface area contributed by atoms with Crippen molar-refractivity contribution in [1.29, 1.82) is 0 Å². The monoisotopic (exact) mass is 411 g/mol. The number of aromatic amines is 1. The summed E-state index contributed by atoms with van der Waals surface area (Å²) in [7, 11) is 1.65. The lowest BCUT2D eigenvalue weighted by Crippen LogP contribution is -2.50. The molecule has 2 aromatic carbocycles. The van der Waals surface area contributed by atoms with Gasteiger partial charge in [-0.1, -0.05) is 19.1 Å². The highest BCUT2D eigenvalue weighted by molar-refractivity contribution is 5.59. The van der Waals surface area contributed by atoms with Gasteiger partial charge in [-0.05, 0) is 54.6 Å². The number of aryl methyl sites for hydroxylation is 1. The third-order valence-electron chi connectivity index (χ3n) is 5.35. The van der Waals surface area contributed by atoms with Crippen LogP contribution in [0.15, 0.2) is 54.7 Å². The number of likely N-dealkylation sites (N-methyl/N-ethyl adjacent to an activating group) is 1. The van der Waals surface area contributed by atoms with E-state index in [1.54, 1.807) is 31.3 Å². The highest BCUT2D eigenvalue weighted by atomic mass is 16.5. The molecule has 3 aromatic rings. The van der Waals surface area contributed by atoms with Crippen molar-refractivity contribution in [3.05, 3.63) is 66.1 Å². The van der Waals surface area contributed by atoms with Crippen LogP contribution >= 0.6 is 0 Å². The molecule has 0 saturated heterocycles. The Morgan fingerprint density at radius 3 is 2.13 bits per heavy atom. The van der Waals surface area contributed by atoms with E-state index in [2.05, 4.69) is 22.2 Å². The number of H-pyrrole nitrogens is 1. The number of nitrogens with zero attached hydrogens (tertiary/aromatic N) is 1. The molecule has 1 atom stereocenters. The summed E-state index contributed by atoms with van der Waals surface area (Å²) in [6, 6.07) is 14.9. The number of benzene rings is 2. The molecule has 7 nitrogen and oxygen atoms in total. The lowest BCUT2D eigenvalue weighted by molar-refractivity contribution is 0.0435. The van der Waals surface area contributed by atoms with E-state index in [1.807, 2.05) is 30.5 Å². The second-order valence-electron chi connectivity index (χ2n) is 7.36. The molecule has 5 N–H and O–H groups in total. The highest BCUT2D eigenvalue weighted by Crippen LogP contribution is 2.28. The average molecular weight is 412 g/mol. The van der Waals surface area contributed by atoms with Crippen LogP contribution < -0.4 is 10.1 Å². The number of rotatable bonds is 10. The van der Waals surface area contributed by atoms with Gasteiger partial charge in [0.25, 0.3) is 0 Å². The van der Waals surface area contributed by atoms with Crippen LogP contribution in [-0.2, 0) is 6.42 Å². The van der Waals surface area contributed by atoms with E-state index in [4.69, 9.17) is 4.74 Å². The Labute approximate surface area is 176 Å². The molecule has 0 aliphatic rings. The maximum absolute atomic E-state index is 10.5. The lowest BCUT2D eigenvalue weighted by atomic mass is 9.91. The Morgan fingerprint density at radius 2 is 1.63 bits per heavy atom. The van der Waals surface area contributed by atoms with Gasteiger partial charge in [0.1, 0.15) is 17.3 Å². The van der Waals surface area contributed by atoms with Crippen LogP contribution in [0.25, 0.3) is 11.3 Å². The van der Waals surface area contributed by atoms with Gasteiger partial charge in [0.15, 0.2) is 0 Å². The molecule has 7 heteroatoms. The third-order valence-corrected chi connectivity index (χ3v) is 5.35. The summed E-state index contributed by atoms with van der Waals surface area (Å²) in [6.07, 6.45) is 2.05. The van der Waals surface area contributed by atoms with E-state index >= 15 is 0 Å². The molecule has 0 fully saturated rings. The zero-order valence-corrected chi connectivity index (χ0v) is 17.3. The Balaban J connectivity index is 1.64. The minimum absolute atomic E-state index is 0.186. The predicted molar refractivity (Wildman–Crippen MR) is 115 cm³/mol. The molecule has 0 radical (unpaired) electrons. The zero-order chi connectivity index (χ0) is 21.6. The fourth-order valence-corrected chi connectivity index (χ4v) is 3.21. The summed E-state index contributed by atoms with van der Waals surface area (Å²) < 4.78 is 5.89. The van der Waals surface area contributed by atoms with Crippen molar-refractivity contribution in [2.45, 2.75) is 31.4 Å². The number of hydrogen-bond acceptors (Lipinski definition) is 6. The Kier molecular flexibility index (Phi) is 7.23. The first-order chi connectivity index (χ1) is 14.5. The van der Waals surface area contributed by atoms with Crippen molar-refractivity contribution in [2.24, 2.45) is 0 Å². The van der Waals surface area contributed by atoms with Gasteiger partial charge in [0, 0.05) is 12.8 Å². The number of imidazole rings is 1. The molecule has 30 heavy (non-hydrogen) atoms. The molecular weight excluding hydrogens is 382 g/mol. The van der Waals surface area contributed by atoms with E-state index in [-0.39, 0.29) is 19.6 Å². The van der Waals surface area contributed by atoms with Crippen molar-refractivity contribution >= 4 is 0 Å². The van der Waals surface area contributed by atoms with Gasteiger partial charge < -0.3 is 30.4 Å². The van der Waals surface area contributed by atoms with Crippen LogP contribution in [0.5, 0.6) is 11.5 Å². The zero-order valence-electron chi connectivity index (χ0n) is 17.3. The Morgan fingerprint density at radius 1 is 1.03 bits per heavy atom. The highest BCUT2D eigenvalue weighted by Gasteiger charge is 2.30. The number of aromatic nitrogens is 2. The molecule has 0 saturated carbocycles. The van der Waals surface area contributed by atoms with E-state index < -0.39 is 11.6 Å². The van der Waals surface area contributed by atoms with E-state index in [0.717, 1.165) is 23.5 Å². The summed E-state index contributed by atoms with van der Waals surface area (Å²) in [5, 5.41) is 32.4. The van der Waals surface area contributed by atoms with Crippen LogP contribution in [0, 0.1) is 0 Å². The van der Waals surface area contributed by atoms with Gasteiger partial charge in [-0.15, -0.1) is 0 Å². The summed E-state index contributed by atoms with van der Waals surface area (Å²) >= 11 is 0. The largest absolute Gasteiger partial charge is 0.457 e. The van der Waals surface area contributed by atoms with Gasteiger partial charge in [0.2, 0.25) is 0 Å². The second kappa shape index (κ2) is 9.86. The summed E-state index contributed by atoms with van der Waals surface area (Å²) in [6.45, 7) is 1.51. The average Bonchev–Trinajstić information content (AvgIpc) is 3.28. The molecular formula is C23H29N3O4. The SMILES string of the molecule is CCc1ncc(-c2ccc(Oc3ccc(C(O)CC(CO)(CO)NC)cc3)cc2)[nH]1. The van der Waals surface area contributed by atoms with Crippen molar-refractivity contribution in [2.75, 3.05) is 20.3 Å². The second-order valence-corrected chi connectivity index (χ2v) is 7.36. The first-order valence-electron chi connectivity index (χ1n) is 10.0. The molecule has 0 aliphatic heterocycles. The maximum Gasteiger partial charge on any atom is 0.127 e. The standard InChI is InChI=1S/C23H29N3O4/c1-3-22-25-13-20(26-22)16-4-8-18(9-5-16)30-19-10-6-17(7-11-19)21(29)12-23(14-27,15-28)24-2/h4-11,13,21,24,27-29H,3,12,14-15H2,1-2H3,(H,25,26).